The molecule has 1 aliphatic rings. The predicted molar refractivity (Wildman–Crippen MR) is 87.4 cm³/mol. The summed E-state index contributed by atoms with van der Waals surface area (Å²) in [5.74, 6) is -0.00363. The summed E-state index contributed by atoms with van der Waals surface area (Å²) >= 11 is 13.0. The second-order valence-electron chi connectivity index (χ2n) is 5.48. The molecule has 21 heavy (non-hydrogen) atoms. The molecule has 0 fully saturated rings. The minimum Gasteiger partial charge on any atom is -0.325 e. The van der Waals surface area contributed by atoms with Gasteiger partial charge < -0.3 is 5.32 Å². The van der Waals surface area contributed by atoms with Crippen molar-refractivity contribution in [1.82, 2.24) is 0 Å². The summed E-state index contributed by atoms with van der Waals surface area (Å²) < 4.78 is 0. The molecule has 1 N–H and O–H groups in total. The number of aryl methyl sites for hydroxylation is 2. The van der Waals surface area contributed by atoms with Gasteiger partial charge in [0, 0.05) is 10.7 Å². The summed E-state index contributed by atoms with van der Waals surface area (Å²) in [4.78, 5) is 11.5. The number of benzene rings is 2. The van der Waals surface area contributed by atoms with Crippen LogP contribution in [-0.2, 0) is 11.2 Å². The maximum Gasteiger partial charge on any atom is 0.228 e. The third kappa shape index (κ3) is 2.66. The number of rotatable bonds is 2. The molecule has 2 aromatic rings. The fourth-order valence-corrected chi connectivity index (χ4v) is 3.41. The molecule has 4 heteroatoms. The lowest BCUT2D eigenvalue weighted by Crippen LogP contribution is -2.03. The Labute approximate surface area is 134 Å². The van der Waals surface area contributed by atoms with Gasteiger partial charge in [0.2, 0.25) is 5.91 Å². The summed E-state index contributed by atoms with van der Waals surface area (Å²) in [5, 5.41) is 3.06. The molecule has 1 amide bonds. The molecule has 1 heterocycles. The Hall–Kier alpha value is -1.51. The molecule has 0 saturated carbocycles. The van der Waals surface area contributed by atoms with Gasteiger partial charge in [-0.3, -0.25) is 4.79 Å². The lowest BCUT2D eigenvalue weighted by Gasteiger charge is -2.16. The zero-order valence-corrected chi connectivity index (χ0v) is 13.3. The van der Waals surface area contributed by atoms with Crippen molar-refractivity contribution in [2.45, 2.75) is 25.6 Å². The fourth-order valence-electron chi connectivity index (χ4n) is 2.66. The average Bonchev–Trinajstić information content (AvgIpc) is 2.79. The van der Waals surface area contributed by atoms with Crippen LogP contribution in [0.15, 0.2) is 30.3 Å². The number of carbonyl (C=O) groups is 1. The summed E-state index contributed by atoms with van der Waals surface area (Å²) in [6.45, 7) is 4.08. The molecule has 108 valence electrons. The van der Waals surface area contributed by atoms with Crippen LogP contribution in [0.25, 0.3) is 0 Å². The molecule has 1 unspecified atom stereocenters. The van der Waals surface area contributed by atoms with E-state index in [1.807, 2.05) is 19.9 Å². The van der Waals surface area contributed by atoms with E-state index in [0.717, 1.165) is 33.5 Å². The van der Waals surface area contributed by atoms with Gasteiger partial charge in [-0.1, -0.05) is 35.4 Å². The number of fused-ring (bicyclic) bond motifs is 1. The van der Waals surface area contributed by atoms with Gasteiger partial charge >= 0.3 is 0 Å². The summed E-state index contributed by atoms with van der Waals surface area (Å²) in [6, 6.07) is 9.94. The quantitative estimate of drug-likeness (QED) is 0.793. The number of amides is 1. The maximum absolute atomic E-state index is 11.5. The standard InChI is InChI=1S/C17H15Cl2NO/c1-9-3-4-10(2)12(5-9)17(19)13-6-11-7-16(21)20-15(11)8-14(13)18/h3-6,8,17H,7H2,1-2H3,(H,20,21). The second-order valence-corrected chi connectivity index (χ2v) is 6.32. The molecule has 1 atom stereocenters. The van der Waals surface area contributed by atoms with Crippen LogP contribution < -0.4 is 5.32 Å². The van der Waals surface area contributed by atoms with Crippen LogP contribution in [0.4, 0.5) is 5.69 Å². The zero-order chi connectivity index (χ0) is 15.1. The number of carbonyl (C=O) groups excluding carboxylic acids is 1. The van der Waals surface area contributed by atoms with E-state index in [1.54, 1.807) is 6.07 Å². The van der Waals surface area contributed by atoms with Crippen molar-refractivity contribution < 1.29 is 4.79 Å². The molecular formula is C17H15Cl2NO. The van der Waals surface area contributed by atoms with E-state index in [9.17, 15) is 4.79 Å². The van der Waals surface area contributed by atoms with Gasteiger partial charge in [-0.2, -0.15) is 0 Å². The lowest BCUT2D eigenvalue weighted by atomic mass is 9.96. The van der Waals surface area contributed by atoms with Crippen LogP contribution >= 0.6 is 23.2 Å². The molecule has 0 radical (unpaired) electrons. The first-order valence-electron chi connectivity index (χ1n) is 6.79. The SMILES string of the molecule is Cc1ccc(C)c(C(Cl)c2cc3c(cc2Cl)NC(=O)C3)c1. The molecule has 0 bridgehead atoms. The number of nitrogens with one attached hydrogen (secondary N) is 1. The second kappa shape index (κ2) is 5.36. The first kappa shape index (κ1) is 14.4. The van der Waals surface area contributed by atoms with Gasteiger partial charge in [0.05, 0.1) is 11.8 Å². The molecular weight excluding hydrogens is 305 g/mol. The number of hydrogen-bond acceptors (Lipinski definition) is 1. The highest BCUT2D eigenvalue weighted by molar-refractivity contribution is 6.33. The molecule has 0 aromatic heterocycles. The van der Waals surface area contributed by atoms with Crippen molar-refractivity contribution in [2.24, 2.45) is 0 Å². The Morgan fingerprint density at radius 1 is 1.14 bits per heavy atom. The lowest BCUT2D eigenvalue weighted by molar-refractivity contribution is -0.115. The molecule has 0 aliphatic carbocycles. The van der Waals surface area contributed by atoms with Crippen LogP contribution in [0.5, 0.6) is 0 Å². The topological polar surface area (TPSA) is 29.1 Å². The van der Waals surface area contributed by atoms with E-state index >= 15 is 0 Å². The van der Waals surface area contributed by atoms with E-state index in [-0.39, 0.29) is 11.3 Å². The highest BCUT2D eigenvalue weighted by atomic mass is 35.5. The first-order chi connectivity index (χ1) is 9.95. The molecule has 3 rings (SSSR count). The first-order valence-corrected chi connectivity index (χ1v) is 7.60. The highest BCUT2D eigenvalue weighted by Crippen LogP contribution is 2.39. The van der Waals surface area contributed by atoms with Crippen LogP contribution in [0.3, 0.4) is 0 Å². The maximum atomic E-state index is 11.5. The minimum absolute atomic E-state index is 0.00363. The van der Waals surface area contributed by atoms with E-state index in [1.165, 1.54) is 0 Å². The van der Waals surface area contributed by atoms with Crippen molar-refractivity contribution in [2.75, 3.05) is 5.32 Å². The number of hydrogen-bond donors (Lipinski definition) is 1. The summed E-state index contributed by atoms with van der Waals surface area (Å²) in [5.41, 5.74) is 5.94. The van der Waals surface area contributed by atoms with Crippen LogP contribution in [0.1, 0.15) is 33.2 Å². The van der Waals surface area contributed by atoms with Crippen molar-refractivity contribution >= 4 is 34.8 Å². The van der Waals surface area contributed by atoms with Crippen LogP contribution in [-0.4, -0.2) is 5.91 Å². The third-order valence-corrected chi connectivity index (χ3v) is 4.63. The van der Waals surface area contributed by atoms with E-state index in [2.05, 4.69) is 23.5 Å². The normalized spacial score (nSPS) is 14.8. The number of alkyl halides is 1. The zero-order valence-electron chi connectivity index (χ0n) is 11.8. The van der Waals surface area contributed by atoms with Gasteiger partial charge in [-0.15, -0.1) is 11.6 Å². The Morgan fingerprint density at radius 2 is 1.90 bits per heavy atom. The van der Waals surface area contributed by atoms with Crippen molar-refractivity contribution in [3.8, 4) is 0 Å². The van der Waals surface area contributed by atoms with Crippen molar-refractivity contribution in [1.29, 1.82) is 0 Å². The highest BCUT2D eigenvalue weighted by Gasteiger charge is 2.23. The molecule has 2 nitrogen and oxygen atoms in total. The van der Waals surface area contributed by atoms with Gasteiger partial charge in [0.25, 0.3) is 0 Å². The van der Waals surface area contributed by atoms with E-state index < -0.39 is 0 Å². The van der Waals surface area contributed by atoms with Crippen molar-refractivity contribution in [3.63, 3.8) is 0 Å². The number of anilines is 1. The summed E-state index contributed by atoms with van der Waals surface area (Å²) in [6.07, 6.45) is 0.385. The van der Waals surface area contributed by atoms with Gasteiger partial charge in [0.15, 0.2) is 0 Å². The Morgan fingerprint density at radius 3 is 2.67 bits per heavy atom. The molecule has 0 spiro atoms. The van der Waals surface area contributed by atoms with Gasteiger partial charge in [-0.25, -0.2) is 0 Å². The molecule has 1 aliphatic heterocycles. The predicted octanol–water partition coefficient (Wildman–Crippen LogP) is 4.78. The monoisotopic (exact) mass is 319 g/mol. The fraction of sp³-hybridized carbons (Fsp3) is 0.235. The Balaban J connectivity index is 2.06. The van der Waals surface area contributed by atoms with Crippen LogP contribution in [0, 0.1) is 13.8 Å². The molecule has 2 aromatic carbocycles. The smallest absolute Gasteiger partial charge is 0.228 e. The van der Waals surface area contributed by atoms with E-state index in [0.29, 0.717) is 11.4 Å². The largest absolute Gasteiger partial charge is 0.325 e. The van der Waals surface area contributed by atoms with Crippen LogP contribution in [0.2, 0.25) is 5.02 Å². The van der Waals surface area contributed by atoms with Gasteiger partial charge in [0.1, 0.15) is 0 Å². The average molecular weight is 320 g/mol. The Kier molecular flexibility index (Phi) is 3.68. The number of halogens is 2. The van der Waals surface area contributed by atoms with Crippen molar-refractivity contribution in [3.05, 3.63) is 63.2 Å². The minimum atomic E-state index is -0.321. The Bertz CT molecular complexity index is 740. The van der Waals surface area contributed by atoms with Gasteiger partial charge in [-0.05, 0) is 48.2 Å². The third-order valence-electron chi connectivity index (χ3n) is 3.83. The summed E-state index contributed by atoms with van der Waals surface area (Å²) in [7, 11) is 0. The van der Waals surface area contributed by atoms with E-state index in [4.69, 9.17) is 23.2 Å². The molecule has 0 saturated heterocycles.